The fourth-order valence-electron chi connectivity index (χ4n) is 5.76. The van der Waals surface area contributed by atoms with Crippen LogP contribution in [0.5, 0.6) is 0 Å². The number of hydrogen-bond donors (Lipinski definition) is 1. The molecular formula is C32H37N3O2. The van der Waals surface area contributed by atoms with E-state index in [1.165, 1.54) is 11.1 Å². The zero-order valence-electron chi connectivity index (χ0n) is 22.0. The average Bonchev–Trinajstić information content (AvgIpc) is 3.28. The lowest BCUT2D eigenvalue weighted by Crippen LogP contribution is -2.50. The van der Waals surface area contributed by atoms with Crippen molar-refractivity contribution in [2.75, 3.05) is 36.4 Å². The van der Waals surface area contributed by atoms with Crippen LogP contribution < -0.4 is 10.2 Å². The van der Waals surface area contributed by atoms with E-state index >= 15 is 0 Å². The van der Waals surface area contributed by atoms with Crippen LogP contribution in [0.15, 0.2) is 72.8 Å². The highest BCUT2D eigenvalue weighted by molar-refractivity contribution is 5.96. The number of hydrogen-bond acceptors (Lipinski definition) is 3. The summed E-state index contributed by atoms with van der Waals surface area (Å²) in [5, 5.41) is 3.09. The van der Waals surface area contributed by atoms with Gasteiger partial charge in [-0.1, -0.05) is 75.2 Å². The molecule has 2 amide bonds. The fourth-order valence-corrected chi connectivity index (χ4v) is 5.76. The van der Waals surface area contributed by atoms with Crippen molar-refractivity contribution in [1.82, 2.24) is 4.90 Å². The normalized spacial score (nSPS) is 15.7. The smallest absolute Gasteiger partial charge is 0.234 e. The fraction of sp³-hybridized carbons (Fsp3) is 0.375. The van der Waals surface area contributed by atoms with Crippen LogP contribution in [0.25, 0.3) is 11.1 Å². The van der Waals surface area contributed by atoms with E-state index in [0.717, 1.165) is 61.3 Å². The summed E-state index contributed by atoms with van der Waals surface area (Å²) in [6.07, 6.45) is 4.00. The van der Waals surface area contributed by atoms with E-state index in [9.17, 15) is 9.59 Å². The van der Waals surface area contributed by atoms with E-state index in [2.05, 4.69) is 60.5 Å². The second kappa shape index (κ2) is 11.2. The maximum Gasteiger partial charge on any atom is 0.234 e. The summed E-state index contributed by atoms with van der Waals surface area (Å²) in [5.41, 5.74) is 6.56. The largest absolute Gasteiger partial charge is 0.368 e. The molecule has 0 saturated carbocycles. The Hall–Kier alpha value is -3.60. The minimum Gasteiger partial charge on any atom is -0.368 e. The van der Waals surface area contributed by atoms with Crippen LogP contribution in [0.1, 0.15) is 56.6 Å². The van der Waals surface area contributed by atoms with Crippen molar-refractivity contribution in [2.24, 2.45) is 5.92 Å². The van der Waals surface area contributed by atoms with Gasteiger partial charge in [-0.15, -0.1) is 0 Å². The van der Waals surface area contributed by atoms with Crippen LogP contribution in [-0.4, -0.2) is 42.9 Å². The Labute approximate surface area is 220 Å². The van der Waals surface area contributed by atoms with Crippen LogP contribution in [0.3, 0.4) is 0 Å². The molecule has 1 saturated heterocycles. The maximum atomic E-state index is 13.7. The molecule has 1 fully saturated rings. The molecule has 0 radical (unpaired) electrons. The molecule has 192 valence electrons. The molecule has 2 aliphatic rings. The van der Waals surface area contributed by atoms with E-state index in [1.807, 2.05) is 41.3 Å². The maximum absolute atomic E-state index is 13.7. The third-order valence-electron chi connectivity index (χ3n) is 7.94. The van der Waals surface area contributed by atoms with Gasteiger partial charge in [0, 0.05) is 43.5 Å². The lowest BCUT2D eigenvalue weighted by atomic mass is 9.95. The average molecular weight is 496 g/mol. The number of nitrogens with zero attached hydrogens (tertiary/aromatic N) is 2. The zero-order chi connectivity index (χ0) is 25.8. The summed E-state index contributed by atoms with van der Waals surface area (Å²) in [6, 6.07) is 24.7. The highest BCUT2D eigenvalue weighted by Gasteiger charge is 2.36. The van der Waals surface area contributed by atoms with E-state index < -0.39 is 0 Å². The number of fused-ring (bicyclic) bond motifs is 3. The molecule has 37 heavy (non-hydrogen) atoms. The summed E-state index contributed by atoms with van der Waals surface area (Å²) in [6.45, 7) is 7.23. The Morgan fingerprint density at radius 2 is 1.43 bits per heavy atom. The zero-order valence-corrected chi connectivity index (χ0v) is 22.0. The predicted octanol–water partition coefficient (Wildman–Crippen LogP) is 6.30. The highest BCUT2D eigenvalue weighted by atomic mass is 16.2. The molecule has 0 bridgehead atoms. The van der Waals surface area contributed by atoms with Gasteiger partial charge in [-0.3, -0.25) is 9.59 Å². The van der Waals surface area contributed by atoms with Gasteiger partial charge in [0.2, 0.25) is 11.8 Å². The SMILES string of the molecule is CCCCC(CC)C(=O)Nc1ccc(N2CCN(C(=O)C3c4ccccc4-c4ccccc43)CC2)cc1. The lowest BCUT2D eigenvalue weighted by Gasteiger charge is -2.37. The number of nitrogens with one attached hydrogen (secondary N) is 1. The molecule has 0 spiro atoms. The van der Waals surface area contributed by atoms with E-state index in [4.69, 9.17) is 0 Å². The number of piperazine rings is 1. The van der Waals surface area contributed by atoms with Crippen molar-refractivity contribution in [3.05, 3.63) is 83.9 Å². The minimum atomic E-state index is -0.217. The van der Waals surface area contributed by atoms with Gasteiger partial charge in [-0.2, -0.15) is 0 Å². The summed E-state index contributed by atoms with van der Waals surface area (Å²) in [5.74, 6) is 0.171. The Morgan fingerprint density at radius 1 is 0.838 bits per heavy atom. The molecule has 5 rings (SSSR count). The Kier molecular flexibility index (Phi) is 7.59. The molecule has 3 aromatic rings. The quantitative estimate of drug-likeness (QED) is 0.399. The minimum absolute atomic E-state index is 0.0732. The third-order valence-corrected chi connectivity index (χ3v) is 7.94. The molecule has 1 heterocycles. The lowest BCUT2D eigenvalue weighted by molar-refractivity contribution is -0.132. The molecule has 0 aromatic heterocycles. The molecule has 1 N–H and O–H groups in total. The Morgan fingerprint density at radius 3 is 2.00 bits per heavy atom. The van der Waals surface area contributed by atoms with Crippen molar-refractivity contribution in [2.45, 2.75) is 45.4 Å². The number of carbonyl (C=O) groups is 2. The van der Waals surface area contributed by atoms with Crippen LogP contribution in [-0.2, 0) is 9.59 Å². The number of anilines is 2. The number of amides is 2. The number of unbranched alkanes of at least 4 members (excludes halogenated alkanes) is 1. The first-order valence-electron chi connectivity index (χ1n) is 13.7. The van der Waals surface area contributed by atoms with Crippen molar-refractivity contribution in [3.63, 3.8) is 0 Å². The van der Waals surface area contributed by atoms with Crippen LogP contribution in [0.4, 0.5) is 11.4 Å². The monoisotopic (exact) mass is 495 g/mol. The Balaban J connectivity index is 1.20. The number of carbonyl (C=O) groups excluding carboxylic acids is 2. The summed E-state index contributed by atoms with van der Waals surface area (Å²) in [4.78, 5) is 30.7. The standard InChI is InChI=1S/C32H37N3O2/c1-3-5-10-23(4-2)31(36)33-24-15-17-25(18-16-24)34-19-21-35(22-20-34)32(37)30-28-13-8-6-11-26(28)27-12-7-9-14-29(27)30/h6-9,11-18,23,30H,3-5,10,19-22H2,1-2H3,(H,33,36). The van der Waals surface area contributed by atoms with E-state index in [1.54, 1.807) is 0 Å². The predicted molar refractivity (Wildman–Crippen MR) is 151 cm³/mol. The Bertz CT molecular complexity index is 1200. The second-order valence-corrected chi connectivity index (χ2v) is 10.2. The van der Waals surface area contributed by atoms with Crippen LogP contribution in [0, 0.1) is 5.92 Å². The first-order chi connectivity index (χ1) is 18.1. The van der Waals surface area contributed by atoms with Gasteiger partial charge in [0.1, 0.15) is 0 Å². The molecule has 5 nitrogen and oxygen atoms in total. The molecule has 5 heteroatoms. The van der Waals surface area contributed by atoms with Gasteiger partial charge in [-0.25, -0.2) is 0 Å². The first kappa shape index (κ1) is 25.1. The van der Waals surface area contributed by atoms with E-state index in [-0.39, 0.29) is 23.7 Å². The molecule has 1 atom stereocenters. The van der Waals surface area contributed by atoms with Gasteiger partial charge >= 0.3 is 0 Å². The summed E-state index contributed by atoms with van der Waals surface area (Å²) >= 11 is 0. The van der Waals surface area contributed by atoms with Crippen molar-refractivity contribution < 1.29 is 9.59 Å². The first-order valence-corrected chi connectivity index (χ1v) is 13.7. The topological polar surface area (TPSA) is 52.7 Å². The molecule has 1 aliphatic carbocycles. The molecular weight excluding hydrogens is 458 g/mol. The number of benzene rings is 3. The van der Waals surface area contributed by atoms with Crippen LogP contribution >= 0.6 is 0 Å². The highest BCUT2D eigenvalue weighted by Crippen LogP contribution is 2.45. The second-order valence-electron chi connectivity index (χ2n) is 10.2. The third kappa shape index (κ3) is 5.13. The van der Waals surface area contributed by atoms with Crippen molar-refractivity contribution in [3.8, 4) is 11.1 Å². The van der Waals surface area contributed by atoms with Gasteiger partial charge in [0.05, 0.1) is 5.92 Å². The summed E-state index contributed by atoms with van der Waals surface area (Å²) < 4.78 is 0. The van der Waals surface area contributed by atoms with Crippen molar-refractivity contribution >= 4 is 23.2 Å². The summed E-state index contributed by atoms with van der Waals surface area (Å²) in [7, 11) is 0. The number of rotatable bonds is 8. The molecule has 1 unspecified atom stereocenters. The van der Waals surface area contributed by atoms with Crippen LogP contribution in [0.2, 0.25) is 0 Å². The van der Waals surface area contributed by atoms with Gasteiger partial charge in [0.15, 0.2) is 0 Å². The van der Waals surface area contributed by atoms with Gasteiger partial charge in [0.25, 0.3) is 0 Å². The molecule has 1 aliphatic heterocycles. The van der Waals surface area contributed by atoms with E-state index in [0.29, 0.717) is 13.1 Å². The van der Waals surface area contributed by atoms with Gasteiger partial charge < -0.3 is 15.1 Å². The van der Waals surface area contributed by atoms with Crippen molar-refractivity contribution in [1.29, 1.82) is 0 Å². The molecule has 3 aromatic carbocycles. The van der Waals surface area contributed by atoms with Gasteiger partial charge in [-0.05, 0) is 59.4 Å².